The Kier molecular flexibility index (Phi) is 4.63. The van der Waals surface area contributed by atoms with Gasteiger partial charge in [0.25, 0.3) is 0 Å². The molecule has 116 valence electrons. The van der Waals surface area contributed by atoms with Crippen LogP contribution in [0.5, 0.6) is 5.75 Å². The van der Waals surface area contributed by atoms with Gasteiger partial charge in [0.1, 0.15) is 5.75 Å². The number of para-hydroxylation sites is 2. The van der Waals surface area contributed by atoms with Gasteiger partial charge in [-0.1, -0.05) is 12.1 Å². The van der Waals surface area contributed by atoms with E-state index < -0.39 is 0 Å². The van der Waals surface area contributed by atoms with Crippen LogP contribution in [0.3, 0.4) is 0 Å². The molecule has 1 aliphatic carbocycles. The summed E-state index contributed by atoms with van der Waals surface area (Å²) in [6, 6.07) is 9.93. The molecule has 1 aromatic carbocycles. The van der Waals surface area contributed by atoms with Gasteiger partial charge in [0.05, 0.1) is 12.3 Å². The number of carbonyl (C=O) groups is 1. The molecule has 0 atom stereocenters. The number of hydrogen-bond acceptors (Lipinski definition) is 3. The Morgan fingerprint density at radius 2 is 2.18 bits per heavy atom. The summed E-state index contributed by atoms with van der Waals surface area (Å²) in [5, 5.41) is 7.13. The topological polar surface area (TPSA) is 41.6 Å². The minimum absolute atomic E-state index is 0.0548. The maximum Gasteiger partial charge on any atom is 0.322 e. The summed E-state index contributed by atoms with van der Waals surface area (Å²) in [4.78, 5) is 14.6. The van der Waals surface area contributed by atoms with Crippen molar-refractivity contribution in [1.29, 1.82) is 0 Å². The van der Waals surface area contributed by atoms with Crippen LogP contribution in [0.2, 0.25) is 0 Å². The van der Waals surface area contributed by atoms with Crippen LogP contribution >= 0.6 is 11.3 Å². The number of nitrogens with zero attached hydrogens (tertiary/aromatic N) is 1. The molecule has 0 radical (unpaired) electrons. The highest BCUT2D eigenvalue weighted by Gasteiger charge is 2.33. The van der Waals surface area contributed by atoms with E-state index in [1.807, 2.05) is 41.5 Å². The summed E-state index contributed by atoms with van der Waals surface area (Å²) in [6.07, 6.45) is 2.18. The Labute approximate surface area is 134 Å². The summed E-state index contributed by atoms with van der Waals surface area (Å²) < 4.78 is 5.57. The van der Waals surface area contributed by atoms with Gasteiger partial charge < -0.3 is 15.0 Å². The molecule has 0 aliphatic heterocycles. The molecule has 1 aromatic heterocycles. The van der Waals surface area contributed by atoms with Gasteiger partial charge in [0.2, 0.25) is 0 Å². The van der Waals surface area contributed by atoms with Gasteiger partial charge in [0.15, 0.2) is 0 Å². The standard InChI is InChI=1S/C17H20N2O2S/c1-2-21-16-6-4-3-5-15(16)18-17(20)19(14-7-8-14)11-13-9-10-22-12-13/h3-6,9-10,12,14H,2,7-8,11H2,1H3,(H,18,20). The van der Waals surface area contributed by atoms with Crippen molar-refractivity contribution in [2.45, 2.75) is 32.4 Å². The first-order valence-corrected chi connectivity index (χ1v) is 8.52. The molecule has 1 N–H and O–H groups in total. The van der Waals surface area contributed by atoms with Crippen molar-refractivity contribution in [3.05, 3.63) is 46.7 Å². The smallest absolute Gasteiger partial charge is 0.322 e. The van der Waals surface area contributed by atoms with Crippen LogP contribution in [0.1, 0.15) is 25.3 Å². The molecule has 22 heavy (non-hydrogen) atoms. The summed E-state index contributed by atoms with van der Waals surface area (Å²) in [5.41, 5.74) is 1.91. The van der Waals surface area contributed by atoms with Crippen LogP contribution < -0.4 is 10.1 Å². The number of benzene rings is 1. The van der Waals surface area contributed by atoms with Crippen molar-refractivity contribution in [1.82, 2.24) is 4.90 Å². The number of ether oxygens (including phenoxy) is 1. The van der Waals surface area contributed by atoms with E-state index in [9.17, 15) is 4.79 Å². The summed E-state index contributed by atoms with van der Waals surface area (Å²) in [7, 11) is 0. The van der Waals surface area contributed by atoms with E-state index in [0.717, 1.165) is 18.5 Å². The van der Waals surface area contributed by atoms with Crippen LogP contribution in [-0.2, 0) is 6.54 Å². The molecule has 0 spiro atoms. The molecular formula is C17H20N2O2S. The lowest BCUT2D eigenvalue weighted by Crippen LogP contribution is -2.36. The van der Waals surface area contributed by atoms with Crippen molar-refractivity contribution in [3.8, 4) is 5.75 Å². The van der Waals surface area contributed by atoms with E-state index in [1.54, 1.807) is 11.3 Å². The first-order valence-electron chi connectivity index (χ1n) is 7.58. The maximum atomic E-state index is 12.6. The fourth-order valence-electron chi connectivity index (χ4n) is 2.37. The number of anilines is 1. The third kappa shape index (κ3) is 3.60. The second kappa shape index (κ2) is 6.83. The van der Waals surface area contributed by atoms with E-state index >= 15 is 0 Å². The van der Waals surface area contributed by atoms with Crippen LogP contribution in [0.25, 0.3) is 0 Å². The third-order valence-corrected chi connectivity index (χ3v) is 4.34. The van der Waals surface area contributed by atoms with Gasteiger partial charge in [-0.25, -0.2) is 4.79 Å². The molecule has 4 nitrogen and oxygen atoms in total. The molecule has 0 bridgehead atoms. The number of amides is 2. The highest BCUT2D eigenvalue weighted by molar-refractivity contribution is 7.07. The molecule has 0 saturated heterocycles. The maximum absolute atomic E-state index is 12.6. The second-order valence-electron chi connectivity index (χ2n) is 5.35. The molecule has 1 fully saturated rings. The van der Waals surface area contributed by atoms with Gasteiger partial charge in [-0.2, -0.15) is 11.3 Å². The van der Waals surface area contributed by atoms with E-state index in [0.29, 0.717) is 24.9 Å². The Balaban J connectivity index is 1.71. The zero-order valence-corrected chi connectivity index (χ0v) is 13.4. The van der Waals surface area contributed by atoms with Gasteiger partial charge >= 0.3 is 6.03 Å². The second-order valence-corrected chi connectivity index (χ2v) is 6.13. The predicted molar refractivity (Wildman–Crippen MR) is 89.5 cm³/mol. The average Bonchev–Trinajstić information content (AvgIpc) is 3.23. The summed E-state index contributed by atoms with van der Waals surface area (Å²) in [6.45, 7) is 3.18. The Hall–Kier alpha value is -2.01. The third-order valence-electron chi connectivity index (χ3n) is 3.61. The average molecular weight is 316 g/mol. The molecule has 2 amide bonds. The zero-order chi connectivity index (χ0) is 15.4. The van der Waals surface area contributed by atoms with Crippen molar-refractivity contribution in [2.24, 2.45) is 0 Å². The van der Waals surface area contributed by atoms with Gasteiger partial charge in [-0.15, -0.1) is 0 Å². The molecule has 0 unspecified atom stereocenters. The minimum atomic E-state index is -0.0548. The lowest BCUT2D eigenvalue weighted by atomic mass is 10.3. The highest BCUT2D eigenvalue weighted by atomic mass is 32.1. The monoisotopic (exact) mass is 316 g/mol. The summed E-state index contributed by atoms with van der Waals surface area (Å²) in [5.74, 6) is 0.713. The number of carbonyl (C=O) groups excluding carboxylic acids is 1. The Morgan fingerprint density at radius 3 is 2.86 bits per heavy atom. The fraction of sp³-hybridized carbons (Fsp3) is 0.353. The molecule has 1 aliphatic rings. The normalized spacial score (nSPS) is 13.7. The van der Waals surface area contributed by atoms with Crippen LogP contribution in [0.15, 0.2) is 41.1 Å². The van der Waals surface area contributed by atoms with Crippen molar-refractivity contribution >= 4 is 23.1 Å². The SMILES string of the molecule is CCOc1ccccc1NC(=O)N(Cc1ccsc1)C1CC1. The largest absolute Gasteiger partial charge is 0.492 e. The number of hydrogen-bond donors (Lipinski definition) is 1. The quantitative estimate of drug-likeness (QED) is 0.861. The van der Waals surface area contributed by atoms with Crippen LogP contribution in [-0.4, -0.2) is 23.6 Å². The molecule has 1 saturated carbocycles. The van der Waals surface area contributed by atoms with E-state index in [2.05, 4.69) is 16.8 Å². The van der Waals surface area contributed by atoms with Crippen molar-refractivity contribution in [2.75, 3.05) is 11.9 Å². The number of urea groups is 1. The van der Waals surface area contributed by atoms with Crippen LogP contribution in [0, 0.1) is 0 Å². The van der Waals surface area contributed by atoms with Crippen molar-refractivity contribution in [3.63, 3.8) is 0 Å². The molecule has 5 heteroatoms. The summed E-state index contributed by atoms with van der Waals surface area (Å²) >= 11 is 1.66. The van der Waals surface area contributed by atoms with Crippen molar-refractivity contribution < 1.29 is 9.53 Å². The van der Waals surface area contributed by atoms with E-state index in [1.165, 1.54) is 5.56 Å². The zero-order valence-electron chi connectivity index (χ0n) is 12.6. The molecule has 3 rings (SSSR count). The number of thiophene rings is 1. The molecule has 2 aromatic rings. The first kappa shape index (κ1) is 14.9. The van der Waals surface area contributed by atoms with E-state index in [-0.39, 0.29) is 6.03 Å². The lowest BCUT2D eigenvalue weighted by Gasteiger charge is -2.23. The first-order chi connectivity index (χ1) is 10.8. The van der Waals surface area contributed by atoms with Crippen LogP contribution in [0.4, 0.5) is 10.5 Å². The predicted octanol–water partition coefficient (Wildman–Crippen LogP) is 4.34. The fourth-order valence-corrected chi connectivity index (χ4v) is 3.03. The molecular weight excluding hydrogens is 296 g/mol. The Bertz CT molecular complexity index is 623. The number of rotatable bonds is 6. The van der Waals surface area contributed by atoms with Gasteiger partial charge in [-0.3, -0.25) is 0 Å². The van der Waals surface area contributed by atoms with Gasteiger partial charge in [-0.05, 0) is 54.3 Å². The Morgan fingerprint density at radius 1 is 1.36 bits per heavy atom. The number of nitrogens with one attached hydrogen (secondary N) is 1. The molecule has 1 heterocycles. The van der Waals surface area contributed by atoms with Gasteiger partial charge in [0, 0.05) is 12.6 Å². The minimum Gasteiger partial charge on any atom is -0.492 e. The highest BCUT2D eigenvalue weighted by Crippen LogP contribution is 2.30. The lowest BCUT2D eigenvalue weighted by molar-refractivity contribution is 0.206. The van der Waals surface area contributed by atoms with E-state index in [4.69, 9.17) is 4.74 Å².